The highest BCUT2D eigenvalue weighted by atomic mass is 35.5. The molecular formula is C13H19Cl2N5. The summed E-state index contributed by atoms with van der Waals surface area (Å²) >= 11 is 0. The van der Waals surface area contributed by atoms with Gasteiger partial charge in [-0.25, -0.2) is 4.98 Å². The zero-order chi connectivity index (χ0) is 12.8. The van der Waals surface area contributed by atoms with Gasteiger partial charge in [0.1, 0.15) is 5.82 Å². The van der Waals surface area contributed by atoms with Crippen LogP contribution in [0.4, 0.5) is 17.5 Å². The van der Waals surface area contributed by atoms with Crippen molar-refractivity contribution in [2.45, 2.75) is 0 Å². The molecule has 0 bridgehead atoms. The molecule has 0 aliphatic carbocycles. The second-order valence-corrected chi connectivity index (χ2v) is 3.85. The maximum Gasteiger partial charge on any atom is 0.224 e. The number of nitrogens with one attached hydrogen (secondary N) is 1. The summed E-state index contributed by atoms with van der Waals surface area (Å²) in [5.41, 5.74) is 6.52. The third-order valence-electron chi connectivity index (χ3n) is 2.56. The van der Waals surface area contributed by atoms with Crippen LogP contribution in [-0.4, -0.2) is 30.1 Å². The Labute approximate surface area is 131 Å². The number of nitrogens with two attached hydrogens (primary N) is 1. The maximum atomic E-state index is 5.44. The van der Waals surface area contributed by atoms with Crippen LogP contribution >= 0.6 is 24.8 Å². The summed E-state index contributed by atoms with van der Waals surface area (Å²) in [4.78, 5) is 10.6. The number of rotatable bonds is 5. The van der Waals surface area contributed by atoms with Crippen molar-refractivity contribution in [1.29, 1.82) is 0 Å². The van der Waals surface area contributed by atoms with Gasteiger partial charge < -0.3 is 16.0 Å². The number of nitrogens with zero attached hydrogens (tertiary/aromatic N) is 3. The zero-order valence-electron chi connectivity index (χ0n) is 11.2. The second-order valence-electron chi connectivity index (χ2n) is 3.85. The quantitative estimate of drug-likeness (QED) is 0.887. The third-order valence-corrected chi connectivity index (χ3v) is 2.56. The predicted octanol–water partition coefficient (Wildman–Crippen LogP) is 2.46. The predicted molar refractivity (Wildman–Crippen MR) is 88.6 cm³/mol. The van der Waals surface area contributed by atoms with Gasteiger partial charge in [0.2, 0.25) is 5.95 Å². The first kappa shape index (κ1) is 18.4. The molecule has 110 valence electrons. The van der Waals surface area contributed by atoms with Crippen molar-refractivity contribution in [2.75, 3.05) is 30.4 Å². The second kappa shape index (κ2) is 9.36. The van der Waals surface area contributed by atoms with E-state index in [1.165, 1.54) is 0 Å². The van der Waals surface area contributed by atoms with Crippen LogP contribution in [0.2, 0.25) is 0 Å². The van der Waals surface area contributed by atoms with E-state index in [0.29, 0.717) is 19.0 Å². The molecule has 0 amide bonds. The highest BCUT2D eigenvalue weighted by Crippen LogP contribution is 2.21. The van der Waals surface area contributed by atoms with E-state index >= 15 is 0 Å². The van der Waals surface area contributed by atoms with Gasteiger partial charge in [-0.2, -0.15) is 4.98 Å². The van der Waals surface area contributed by atoms with Crippen molar-refractivity contribution in [3.8, 4) is 0 Å². The van der Waals surface area contributed by atoms with Gasteiger partial charge in [-0.1, -0.05) is 18.2 Å². The standard InChI is InChI=1S/C13H17N5.2ClH/c1-18(11-5-3-2-4-6-11)12-7-9-15-13(17-12)16-10-8-14;;/h2-7,9H,8,10,14H2,1H3,(H,15,16,17);2*1H. The summed E-state index contributed by atoms with van der Waals surface area (Å²) < 4.78 is 0. The summed E-state index contributed by atoms with van der Waals surface area (Å²) in [5, 5.41) is 3.07. The number of aromatic nitrogens is 2. The van der Waals surface area contributed by atoms with Crippen molar-refractivity contribution >= 4 is 42.3 Å². The highest BCUT2D eigenvalue weighted by Gasteiger charge is 2.05. The van der Waals surface area contributed by atoms with Crippen molar-refractivity contribution in [2.24, 2.45) is 5.73 Å². The van der Waals surface area contributed by atoms with Crippen LogP contribution in [0.5, 0.6) is 0 Å². The molecule has 0 saturated heterocycles. The summed E-state index contributed by atoms with van der Waals surface area (Å²) in [6.07, 6.45) is 1.74. The Bertz CT molecular complexity index is 495. The van der Waals surface area contributed by atoms with Gasteiger partial charge in [0.15, 0.2) is 0 Å². The summed E-state index contributed by atoms with van der Waals surface area (Å²) in [6.45, 7) is 1.22. The van der Waals surface area contributed by atoms with Crippen molar-refractivity contribution in [1.82, 2.24) is 9.97 Å². The van der Waals surface area contributed by atoms with Gasteiger partial charge in [0.25, 0.3) is 0 Å². The molecule has 2 rings (SSSR count). The Morgan fingerprint density at radius 2 is 1.85 bits per heavy atom. The van der Waals surface area contributed by atoms with Crippen LogP contribution in [-0.2, 0) is 0 Å². The molecule has 2 aromatic rings. The molecule has 0 aliphatic rings. The molecule has 1 aromatic carbocycles. The molecule has 0 saturated carbocycles. The van der Waals surface area contributed by atoms with E-state index < -0.39 is 0 Å². The number of hydrogen-bond acceptors (Lipinski definition) is 5. The molecule has 0 spiro atoms. The molecule has 0 unspecified atom stereocenters. The Kier molecular flexibility index (Phi) is 8.63. The normalized spacial score (nSPS) is 9.10. The Morgan fingerprint density at radius 1 is 1.15 bits per heavy atom. The SMILES string of the molecule is CN(c1ccccc1)c1ccnc(NCCN)n1.Cl.Cl. The minimum atomic E-state index is 0. The number of hydrogen-bond donors (Lipinski definition) is 2. The molecule has 0 fully saturated rings. The van der Waals surface area contributed by atoms with E-state index in [9.17, 15) is 0 Å². The molecule has 5 nitrogen and oxygen atoms in total. The number of anilines is 3. The van der Waals surface area contributed by atoms with Gasteiger partial charge in [-0.05, 0) is 18.2 Å². The fourth-order valence-corrected chi connectivity index (χ4v) is 1.59. The first-order valence-electron chi connectivity index (χ1n) is 5.87. The minimum absolute atomic E-state index is 0. The monoisotopic (exact) mass is 315 g/mol. The summed E-state index contributed by atoms with van der Waals surface area (Å²) in [5.74, 6) is 1.44. The Morgan fingerprint density at radius 3 is 2.50 bits per heavy atom. The summed E-state index contributed by atoms with van der Waals surface area (Å²) in [7, 11) is 1.98. The van der Waals surface area contributed by atoms with Gasteiger partial charge in [-0.3, -0.25) is 0 Å². The molecule has 0 aliphatic heterocycles. The van der Waals surface area contributed by atoms with Crippen LogP contribution in [0, 0.1) is 0 Å². The lowest BCUT2D eigenvalue weighted by Crippen LogP contribution is -2.16. The van der Waals surface area contributed by atoms with Crippen molar-refractivity contribution in [3.63, 3.8) is 0 Å². The number of benzene rings is 1. The van der Waals surface area contributed by atoms with Crippen molar-refractivity contribution in [3.05, 3.63) is 42.6 Å². The van der Waals surface area contributed by atoms with Gasteiger partial charge in [0.05, 0.1) is 0 Å². The smallest absolute Gasteiger partial charge is 0.224 e. The minimum Gasteiger partial charge on any atom is -0.353 e. The van der Waals surface area contributed by atoms with E-state index in [4.69, 9.17) is 5.73 Å². The number of halogens is 2. The molecule has 0 atom stereocenters. The van der Waals surface area contributed by atoms with Gasteiger partial charge in [-0.15, -0.1) is 24.8 Å². The van der Waals surface area contributed by atoms with Crippen LogP contribution in [0.15, 0.2) is 42.6 Å². The van der Waals surface area contributed by atoms with Crippen LogP contribution in [0.1, 0.15) is 0 Å². The molecule has 1 aromatic heterocycles. The fraction of sp³-hybridized carbons (Fsp3) is 0.231. The fourth-order valence-electron chi connectivity index (χ4n) is 1.59. The topological polar surface area (TPSA) is 67.1 Å². The molecule has 7 heteroatoms. The Hall–Kier alpha value is -1.56. The van der Waals surface area contributed by atoms with E-state index in [1.54, 1.807) is 6.20 Å². The zero-order valence-corrected chi connectivity index (χ0v) is 12.8. The van der Waals surface area contributed by atoms with E-state index in [-0.39, 0.29) is 24.8 Å². The molecule has 0 radical (unpaired) electrons. The Balaban J connectivity index is 0.00000180. The van der Waals surface area contributed by atoms with Crippen LogP contribution < -0.4 is 16.0 Å². The van der Waals surface area contributed by atoms with Crippen LogP contribution in [0.25, 0.3) is 0 Å². The van der Waals surface area contributed by atoms with Crippen LogP contribution in [0.3, 0.4) is 0 Å². The molecule has 1 heterocycles. The van der Waals surface area contributed by atoms with E-state index in [0.717, 1.165) is 11.5 Å². The first-order valence-corrected chi connectivity index (χ1v) is 5.87. The molecule has 20 heavy (non-hydrogen) atoms. The first-order chi connectivity index (χ1) is 8.81. The lowest BCUT2D eigenvalue weighted by atomic mass is 10.3. The number of para-hydroxylation sites is 1. The lowest BCUT2D eigenvalue weighted by Gasteiger charge is -2.18. The lowest BCUT2D eigenvalue weighted by molar-refractivity contribution is 0.981. The highest BCUT2D eigenvalue weighted by molar-refractivity contribution is 5.85. The molecular weight excluding hydrogens is 297 g/mol. The van der Waals surface area contributed by atoms with Gasteiger partial charge in [0, 0.05) is 32.0 Å². The van der Waals surface area contributed by atoms with Crippen molar-refractivity contribution < 1.29 is 0 Å². The van der Waals surface area contributed by atoms with E-state index in [1.807, 2.05) is 48.3 Å². The largest absolute Gasteiger partial charge is 0.353 e. The third kappa shape index (κ3) is 4.85. The van der Waals surface area contributed by atoms with E-state index in [2.05, 4.69) is 15.3 Å². The average Bonchev–Trinajstić information content (AvgIpc) is 2.45. The molecule has 3 N–H and O–H groups in total. The van der Waals surface area contributed by atoms with Gasteiger partial charge >= 0.3 is 0 Å². The average molecular weight is 316 g/mol. The maximum absolute atomic E-state index is 5.44. The summed E-state index contributed by atoms with van der Waals surface area (Å²) in [6, 6.07) is 11.9.